The highest BCUT2D eigenvalue weighted by molar-refractivity contribution is 5.77. The van der Waals surface area contributed by atoms with Gasteiger partial charge in [-0.2, -0.15) is 0 Å². The van der Waals surface area contributed by atoms with E-state index in [-0.39, 0.29) is 23.7 Å². The van der Waals surface area contributed by atoms with Crippen LogP contribution in [0, 0.1) is 0 Å². The Hall–Kier alpha value is -1.39. The molecule has 0 aromatic heterocycles. The lowest BCUT2D eigenvalue weighted by molar-refractivity contribution is -0.150. The van der Waals surface area contributed by atoms with Crippen molar-refractivity contribution in [1.82, 2.24) is 4.90 Å². The highest BCUT2D eigenvalue weighted by Gasteiger charge is 2.35. The molecule has 0 spiro atoms. The summed E-state index contributed by atoms with van der Waals surface area (Å²) in [4.78, 5) is 14.8. The van der Waals surface area contributed by atoms with Crippen LogP contribution in [0.4, 0.5) is 0 Å². The number of aryl methyl sites for hydroxylation is 1. The van der Waals surface area contributed by atoms with E-state index in [4.69, 9.17) is 9.47 Å². The van der Waals surface area contributed by atoms with Gasteiger partial charge in [-0.25, -0.2) is 0 Å². The molecule has 1 atom stereocenters. The first-order chi connectivity index (χ1) is 11.9. The maximum Gasteiger partial charge on any atom is 0.223 e. The average Bonchev–Trinajstić information content (AvgIpc) is 3.14. The molecule has 0 radical (unpaired) electrons. The molecule has 1 unspecified atom stereocenters. The van der Waals surface area contributed by atoms with Gasteiger partial charge < -0.3 is 14.4 Å². The number of rotatable bonds is 4. The number of benzene rings is 1. The predicted molar refractivity (Wildman–Crippen MR) is 98.5 cm³/mol. The summed E-state index contributed by atoms with van der Waals surface area (Å²) in [6.45, 7) is 8.77. The van der Waals surface area contributed by atoms with E-state index in [1.807, 2.05) is 4.90 Å². The van der Waals surface area contributed by atoms with E-state index in [2.05, 4.69) is 45.0 Å². The van der Waals surface area contributed by atoms with E-state index in [0.717, 1.165) is 32.2 Å². The van der Waals surface area contributed by atoms with E-state index >= 15 is 0 Å². The van der Waals surface area contributed by atoms with E-state index in [9.17, 15) is 4.79 Å². The molecular formula is C21H31NO3. The molecule has 3 rings (SSSR count). The normalized spacial score (nSPS) is 22.4. The van der Waals surface area contributed by atoms with E-state index in [0.29, 0.717) is 19.6 Å². The summed E-state index contributed by atoms with van der Waals surface area (Å²) in [6, 6.07) is 8.77. The summed E-state index contributed by atoms with van der Waals surface area (Å²) in [7, 11) is 0. The Labute approximate surface area is 151 Å². The molecule has 0 saturated carbocycles. The van der Waals surface area contributed by atoms with Crippen molar-refractivity contribution in [2.45, 2.75) is 70.6 Å². The van der Waals surface area contributed by atoms with Crippen LogP contribution < -0.4 is 0 Å². The third-order valence-corrected chi connectivity index (χ3v) is 5.28. The van der Waals surface area contributed by atoms with Gasteiger partial charge in [0.15, 0.2) is 6.29 Å². The molecule has 4 heteroatoms. The molecule has 25 heavy (non-hydrogen) atoms. The zero-order chi connectivity index (χ0) is 17.9. The van der Waals surface area contributed by atoms with Crippen molar-refractivity contribution in [3.63, 3.8) is 0 Å². The maximum atomic E-state index is 12.8. The number of carbonyl (C=O) groups excluding carboxylic acids is 1. The molecule has 2 saturated heterocycles. The molecule has 4 nitrogen and oxygen atoms in total. The van der Waals surface area contributed by atoms with Crippen LogP contribution in [-0.4, -0.2) is 42.9 Å². The average molecular weight is 345 g/mol. The highest BCUT2D eigenvalue weighted by Crippen LogP contribution is 2.26. The number of hydrogen-bond acceptors (Lipinski definition) is 3. The summed E-state index contributed by atoms with van der Waals surface area (Å²) in [5.74, 6) is 0.226. The van der Waals surface area contributed by atoms with Crippen molar-refractivity contribution in [2.75, 3.05) is 19.8 Å². The number of hydrogen-bond donors (Lipinski definition) is 0. The van der Waals surface area contributed by atoms with Crippen LogP contribution in [-0.2, 0) is 26.1 Å². The van der Waals surface area contributed by atoms with Crippen LogP contribution in [0.3, 0.4) is 0 Å². The Morgan fingerprint density at radius 2 is 1.80 bits per heavy atom. The summed E-state index contributed by atoms with van der Waals surface area (Å²) in [5, 5.41) is 0. The molecule has 0 bridgehead atoms. The Morgan fingerprint density at radius 1 is 1.12 bits per heavy atom. The van der Waals surface area contributed by atoms with E-state index in [1.165, 1.54) is 11.1 Å². The van der Waals surface area contributed by atoms with Gasteiger partial charge in [0.05, 0.1) is 19.3 Å². The van der Waals surface area contributed by atoms with Crippen molar-refractivity contribution in [3.8, 4) is 0 Å². The molecule has 2 aliphatic heterocycles. The lowest BCUT2D eigenvalue weighted by Gasteiger charge is -2.38. The fraction of sp³-hybridized carbons (Fsp3) is 0.667. The standard InChI is InChI=1S/C21H31NO3/c1-21(2,3)17-10-7-16(8-11-17)9-12-19(23)22-13-5-4-6-18(22)20-24-14-15-25-20/h7-8,10-11,18,20H,4-6,9,12-15H2,1-3H3. The van der Waals surface area contributed by atoms with Gasteiger partial charge in [-0.3, -0.25) is 4.79 Å². The third kappa shape index (κ3) is 4.62. The SMILES string of the molecule is CC(C)(C)c1ccc(CCC(=O)N2CCCCC2C2OCCO2)cc1. The lowest BCUT2D eigenvalue weighted by Crippen LogP contribution is -2.50. The first-order valence-electron chi connectivity index (χ1n) is 9.57. The van der Waals surface area contributed by atoms with Crippen molar-refractivity contribution in [3.05, 3.63) is 35.4 Å². The van der Waals surface area contributed by atoms with Crippen LogP contribution in [0.25, 0.3) is 0 Å². The number of likely N-dealkylation sites (tertiary alicyclic amines) is 1. The number of amides is 1. The van der Waals surface area contributed by atoms with Crippen LogP contribution in [0.1, 0.15) is 57.6 Å². The smallest absolute Gasteiger partial charge is 0.223 e. The Morgan fingerprint density at radius 3 is 2.44 bits per heavy atom. The molecular weight excluding hydrogens is 314 g/mol. The number of ether oxygens (including phenoxy) is 2. The fourth-order valence-electron chi connectivity index (χ4n) is 3.72. The maximum absolute atomic E-state index is 12.8. The van der Waals surface area contributed by atoms with Gasteiger partial charge in [0, 0.05) is 13.0 Å². The van der Waals surface area contributed by atoms with Gasteiger partial charge in [-0.1, -0.05) is 45.0 Å². The zero-order valence-electron chi connectivity index (χ0n) is 15.8. The summed E-state index contributed by atoms with van der Waals surface area (Å²) >= 11 is 0. The summed E-state index contributed by atoms with van der Waals surface area (Å²) in [6.07, 6.45) is 4.32. The quantitative estimate of drug-likeness (QED) is 0.836. The minimum Gasteiger partial charge on any atom is -0.348 e. The molecule has 0 aliphatic carbocycles. The molecule has 0 N–H and O–H groups in total. The lowest BCUT2D eigenvalue weighted by atomic mass is 9.86. The van der Waals surface area contributed by atoms with Gasteiger partial charge in [0.2, 0.25) is 5.91 Å². The van der Waals surface area contributed by atoms with Gasteiger partial charge in [-0.05, 0) is 42.2 Å². The van der Waals surface area contributed by atoms with Gasteiger partial charge in [-0.15, -0.1) is 0 Å². The van der Waals surface area contributed by atoms with Gasteiger partial charge in [0.25, 0.3) is 0 Å². The van der Waals surface area contributed by atoms with Crippen LogP contribution in [0.2, 0.25) is 0 Å². The third-order valence-electron chi connectivity index (χ3n) is 5.28. The summed E-state index contributed by atoms with van der Waals surface area (Å²) < 4.78 is 11.3. The largest absolute Gasteiger partial charge is 0.348 e. The highest BCUT2D eigenvalue weighted by atomic mass is 16.7. The molecule has 2 aliphatic rings. The molecule has 1 aromatic rings. The Bertz CT molecular complexity index is 570. The van der Waals surface area contributed by atoms with Crippen LogP contribution >= 0.6 is 0 Å². The predicted octanol–water partition coefficient (Wildman–Crippen LogP) is 3.67. The number of carbonyl (C=O) groups is 1. The molecule has 2 fully saturated rings. The zero-order valence-corrected chi connectivity index (χ0v) is 15.8. The van der Waals surface area contributed by atoms with Gasteiger partial charge >= 0.3 is 0 Å². The molecule has 1 amide bonds. The minimum absolute atomic E-state index is 0.0898. The van der Waals surface area contributed by atoms with E-state index < -0.39 is 0 Å². The van der Waals surface area contributed by atoms with Crippen LogP contribution in [0.15, 0.2) is 24.3 Å². The Balaban J connectivity index is 1.57. The molecule has 2 heterocycles. The van der Waals surface area contributed by atoms with Crippen molar-refractivity contribution in [1.29, 1.82) is 0 Å². The number of nitrogens with zero attached hydrogens (tertiary/aromatic N) is 1. The van der Waals surface area contributed by atoms with Gasteiger partial charge in [0.1, 0.15) is 0 Å². The number of piperidine rings is 1. The van der Waals surface area contributed by atoms with Crippen molar-refractivity contribution >= 4 is 5.91 Å². The second-order valence-corrected chi connectivity index (χ2v) is 8.21. The first-order valence-corrected chi connectivity index (χ1v) is 9.57. The van der Waals surface area contributed by atoms with Crippen LogP contribution in [0.5, 0.6) is 0 Å². The monoisotopic (exact) mass is 345 g/mol. The second kappa shape index (κ2) is 7.88. The topological polar surface area (TPSA) is 38.8 Å². The first kappa shape index (κ1) is 18.4. The summed E-state index contributed by atoms with van der Waals surface area (Å²) in [5.41, 5.74) is 2.72. The second-order valence-electron chi connectivity index (χ2n) is 8.21. The van der Waals surface area contributed by atoms with Crippen molar-refractivity contribution < 1.29 is 14.3 Å². The Kier molecular flexibility index (Phi) is 5.80. The molecule has 138 valence electrons. The fourth-order valence-corrected chi connectivity index (χ4v) is 3.72. The van der Waals surface area contributed by atoms with E-state index in [1.54, 1.807) is 0 Å². The van der Waals surface area contributed by atoms with Crippen molar-refractivity contribution in [2.24, 2.45) is 0 Å². The molecule has 1 aromatic carbocycles. The minimum atomic E-state index is -0.227.